The minimum Gasteiger partial charge on any atom is -0.487 e. The van der Waals surface area contributed by atoms with Crippen LogP contribution < -0.4 is 36.3 Å². The van der Waals surface area contributed by atoms with Crippen molar-refractivity contribution in [3.05, 3.63) is 110 Å². The molecule has 0 spiro atoms. The Bertz CT molecular complexity index is 2340. The topological polar surface area (TPSA) is 149 Å². The lowest BCUT2D eigenvalue weighted by Gasteiger charge is -2.38. The van der Waals surface area contributed by atoms with Gasteiger partial charge in [0.2, 0.25) is 5.88 Å². The lowest BCUT2D eigenvalue weighted by Crippen LogP contribution is -2.46. The zero-order valence-corrected chi connectivity index (χ0v) is 32.9. The van der Waals surface area contributed by atoms with Gasteiger partial charge in [0, 0.05) is 75.5 Å². The van der Waals surface area contributed by atoms with E-state index in [1.807, 2.05) is 36.2 Å². The number of nitrogens with two attached hydrogens (primary N) is 1. The standard InChI is InChI=1S/C39H43FN8O6.CH4S/c1-24-23-52-38-35-30(16-31(40)36(38)45-13-11-44(12-14-45)22-32-25(2)53-39(50)54-32)37(49)27(20-48(24)35)19-47(18-26-8-9-42-34(15-26)51-3)29-5-4-10-46(21-29)28-6-7-33(41)43-17-28;1-2/h5-9,15-17,20,24H,4,10-14,18-19,21-23H2,1-3H3,(H2,41,43);2H,1H3. The molecule has 1 aromatic carbocycles. The second-order valence-electron chi connectivity index (χ2n) is 14.1. The van der Waals surface area contributed by atoms with E-state index in [2.05, 4.69) is 47.9 Å². The Balaban J connectivity index is 0.00000237. The number of hydrogen-bond donors (Lipinski definition) is 2. The van der Waals surface area contributed by atoms with Crippen molar-refractivity contribution in [3.63, 3.8) is 0 Å². The second kappa shape index (κ2) is 16.7. The van der Waals surface area contributed by atoms with Crippen LogP contribution in [0.1, 0.15) is 42.0 Å². The first-order valence-corrected chi connectivity index (χ1v) is 19.5. The Kier molecular flexibility index (Phi) is 11.6. The number of hydrogen-bond acceptors (Lipinski definition) is 14. The number of anilines is 3. The van der Waals surface area contributed by atoms with E-state index in [1.165, 1.54) is 6.07 Å². The Labute approximate surface area is 329 Å². The summed E-state index contributed by atoms with van der Waals surface area (Å²) in [5.74, 6) is 1.09. The van der Waals surface area contributed by atoms with E-state index in [-0.39, 0.29) is 16.9 Å². The monoisotopic (exact) mass is 786 g/mol. The van der Waals surface area contributed by atoms with Gasteiger partial charge in [-0.25, -0.2) is 19.2 Å². The number of piperazine rings is 1. The normalized spacial score (nSPS) is 16.9. The molecule has 296 valence electrons. The van der Waals surface area contributed by atoms with Gasteiger partial charge in [0.05, 0.1) is 49.0 Å². The van der Waals surface area contributed by atoms with Crippen molar-refractivity contribution in [3.8, 4) is 11.6 Å². The largest absolute Gasteiger partial charge is 0.519 e. The van der Waals surface area contributed by atoms with Crippen LogP contribution in [-0.4, -0.2) is 83.6 Å². The molecule has 8 rings (SSSR count). The third kappa shape index (κ3) is 7.93. The van der Waals surface area contributed by atoms with E-state index in [9.17, 15) is 9.59 Å². The van der Waals surface area contributed by atoms with Gasteiger partial charge < -0.3 is 43.3 Å². The Hall–Kier alpha value is -5.48. The van der Waals surface area contributed by atoms with Gasteiger partial charge in [-0.05, 0) is 56.4 Å². The lowest BCUT2D eigenvalue weighted by atomic mass is 10.0. The summed E-state index contributed by atoms with van der Waals surface area (Å²) in [6.07, 6.45) is 10.1. The predicted octanol–water partition coefficient (Wildman–Crippen LogP) is 4.99. The number of pyridine rings is 3. The Morgan fingerprint density at radius 2 is 1.84 bits per heavy atom. The van der Waals surface area contributed by atoms with Gasteiger partial charge >= 0.3 is 5.82 Å². The molecule has 56 heavy (non-hydrogen) atoms. The molecule has 1 unspecified atom stereocenters. The summed E-state index contributed by atoms with van der Waals surface area (Å²) in [6.45, 7) is 8.95. The number of nitrogen functional groups attached to an aromatic ring is 1. The number of ether oxygens (including phenoxy) is 2. The first kappa shape index (κ1) is 38.8. The average Bonchev–Trinajstić information content (AvgIpc) is 3.54. The number of aromatic nitrogens is 3. The van der Waals surface area contributed by atoms with Gasteiger partial charge in [-0.15, -0.1) is 0 Å². The van der Waals surface area contributed by atoms with Crippen molar-refractivity contribution in [1.29, 1.82) is 0 Å². The fourth-order valence-corrected chi connectivity index (χ4v) is 7.63. The molecule has 1 saturated heterocycles. The molecule has 0 radical (unpaired) electrons. The van der Waals surface area contributed by atoms with Crippen LogP contribution in [0.3, 0.4) is 0 Å². The first-order chi connectivity index (χ1) is 27.1. The van der Waals surface area contributed by atoms with Crippen molar-refractivity contribution in [2.45, 2.75) is 45.9 Å². The van der Waals surface area contributed by atoms with E-state index >= 15 is 4.39 Å². The van der Waals surface area contributed by atoms with Crippen LogP contribution in [-0.2, 0) is 19.6 Å². The van der Waals surface area contributed by atoms with Crippen LogP contribution in [0.2, 0.25) is 0 Å². The highest BCUT2D eigenvalue weighted by molar-refractivity contribution is 7.79. The molecule has 3 aliphatic heterocycles. The van der Waals surface area contributed by atoms with Gasteiger partial charge in [0.1, 0.15) is 23.9 Å². The quantitative estimate of drug-likeness (QED) is 0.183. The highest BCUT2D eigenvalue weighted by Crippen LogP contribution is 2.42. The summed E-state index contributed by atoms with van der Waals surface area (Å²) < 4.78 is 40.3. The number of aryl methyl sites for hydroxylation is 1. The molecular formula is C40H47FN8O6S. The maximum absolute atomic E-state index is 16.4. The molecule has 0 bridgehead atoms. The lowest BCUT2D eigenvalue weighted by molar-refractivity contribution is 0.222. The minimum atomic E-state index is -0.717. The van der Waals surface area contributed by atoms with Crippen molar-refractivity contribution < 1.29 is 22.7 Å². The number of benzene rings is 1. The molecular weight excluding hydrogens is 740 g/mol. The van der Waals surface area contributed by atoms with E-state index in [0.717, 1.165) is 29.9 Å². The number of nitrogens with zero attached hydrogens (tertiary/aromatic N) is 7. The van der Waals surface area contributed by atoms with Crippen LogP contribution in [0.4, 0.5) is 21.6 Å². The zero-order chi connectivity index (χ0) is 39.5. The smallest absolute Gasteiger partial charge is 0.487 e. The first-order valence-electron chi connectivity index (χ1n) is 18.6. The van der Waals surface area contributed by atoms with Crippen LogP contribution in [0.15, 0.2) is 79.1 Å². The minimum absolute atomic E-state index is 0.0947. The van der Waals surface area contributed by atoms with Crippen molar-refractivity contribution in [1.82, 2.24) is 24.3 Å². The summed E-state index contributed by atoms with van der Waals surface area (Å²) in [6, 6.07) is 8.88. The maximum Gasteiger partial charge on any atom is 0.519 e. The molecule has 16 heteroatoms. The molecule has 5 aromatic rings. The van der Waals surface area contributed by atoms with Gasteiger partial charge in [-0.3, -0.25) is 9.69 Å². The van der Waals surface area contributed by atoms with Gasteiger partial charge in [0.15, 0.2) is 22.8 Å². The van der Waals surface area contributed by atoms with Crippen LogP contribution in [0, 0.1) is 12.7 Å². The Morgan fingerprint density at radius 1 is 1.04 bits per heavy atom. The van der Waals surface area contributed by atoms with E-state index in [0.29, 0.717) is 105 Å². The second-order valence-corrected chi connectivity index (χ2v) is 14.1. The number of halogens is 1. The number of methoxy groups -OCH3 is 1. The molecule has 1 atom stereocenters. The molecule has 4 aromatic heterocycles. The summed E-state index contributed by atoms with van der Waals surface area (Å²) in [4.78, 5) is 43.1. The number of rotatable bonds is 10. The molecule has 1 fully saturated rings. The van der Waals surface area contributed by atoms with Crippen molar-refractivity contribution in [2.24, 2.45) is 0 Å². The highest BCUT2D eigenvalue weighted by Gasteiger charge is 2.32. The van der Waals surface area contributed by atoms with E-state index in [1.54, 1.807) is 38.7 Å². The summed E-state index contributed by atoms with van der Waals surface area (Å²) in [5, 5.41) is 0.289. The van der Waals surface area contributed by atoms with Crippen LogP contribution in [0.25, 0.3) is 10.9 Å². The summed E-state index contributed by atoms with van der Waals surface area (Å²) >= 11 is 3.53. The molecule has 0 amide bonds. The molecule has 0 aliphatic carbocycles. The summed E-state index contributed by atoms with van der Waals surface area (Å²) in [7, 11) is 1.59. The maximum atomic E-state index is 16.4. The third-order valence-electron chi connectivity index (χ3n) is 10.5. The highest BCUT2D eigenvalue weighted by atomic mass is 32.1. The fourth-order valence-electron chi connectivity index (χ4n) is 7.63. The number of thiol groups is 1. The molecule has 0 saturated carbocycles. The van der Waals surface area contributed by atoms with Crippen molar-refractivity contribution in [2.75, 3.05) is 74.8 Å². The van der Waals surface area contributed by atoms with Crippen LogP contribution >= 0.6 is 12.6 Å². The molecule has 7 heterocycles. The summed E-state index contributed by atoms with van der Waals surface area (Å²) in [5.41, 5.74) is 10.1. The predicted molar refractivity (Wildman–Crippen MR) is 216 cm³/mol. The van der Waals surface area contributed by atoms with Crippen molar-refractivity contribution >= 4 is 40.7 Å². The van der Waals surface area contributed by atoms with Gasteiger partial charge in [-0.1, -0.05) is 6.08 Å². The van der Waals surface area contributed by atoms with Gasteiger partial charge in [-0.2, -0.15) is 12.6 Å². The Morgan fingerprint density at radius 3 is 2.55 bits per heavy atom. The fraction of sp³-hybridized carbons (Fsp3) is 0.400. The van der Waals surface area contributed by atoms with Gasteiger partial charge in [0.25, 0.3) is 0 Å². The van der Waals surface area contributed by atoms with Crippen LogP contribution in [0.5, 0.6) is 11.6 Å². The van der Waals surface area contributed by atoms with E-state index in [4.69, 9.17) is 24.0 Å². The molecule has 3 aliphatic rings. The SMILES string of the molecule is COc1cc(CN(Cc2cn3c4c(c(N5CCN(Cc6oc(=O)oc6C)CC5)c(F)cc4c2=O)OCC3C)C2=CCCN(c3ccc(N)nc3)C2)ccn1.CS. The molecule has 14 nitrogen and oxygen atoms in total. The molecule has 2 N–H and O–H groups in total. The zero-order valence-electron chi connectivity index (χ0n) is 32.0. The third-order valence-corrected chi connectivity index (χ3v) is 10.5. The average molecular weight is 787 g/mol. The van der Waals surface area contributed by atoms with E-state index < -0.39 is 11.6 Å².